The van der Waals surface area contributed by atoms with E-state index in [4.69, 9.17) is 4.74 Å². The molecular formula is C30H43NO2. The van der Waals surface area contributed by atoms with E-state index in [1.807, 2.05) is 0 Å². The summed E-state index contributed by atoms with van der Waals surface area (Å²) >= 11 is 0. The summed E-state index contributed by atoms with van der Waals surface area (Å²) in [6.07, 6.45) is 13.8. The lowest BCUT2D eigenvalue weighted by Gasteiger charge is -2.58. The lowest BCUT2D eigenvalue weighted by molar-refractivity contribution is -0.157. The lowest BCUT2D eigenvalue weighted by Crippen LogP contribution is -2.52. The van der Waals surface area contributed by atoms with E-state index < -0.39 is 0 Å². The van der Waals surface area contributed by atoms with Crippen molar-refractivity contribution in [2.24, 2.45) is 28.6 Å². The molecule has 3 heteroatoms. The maximum Gasteiger partial charge on any atom is 0.302 e. The smallest absolute Gasteiger partial charge is 0.302 e. The molecule has 1 aromatic rings. The third kappa shape index (κ3) is 4.20. The minimum atomic E-state index is -0.0999. The molecule has 4 aliphatic rings. The van der Waals surface area contributed by atoms with E-state index in [1.54, 1.807) is 12.5 Å². The van der Waals surface area contributed by atoms with Gasteiger partial charge in [-0.05, 0) is 93.4 Å². The number of rotatable bonds is 5. The molecule has 3 nitrogen and oxygen atoms in total. The van der Waals surface area contributed by atoms with Crippen LogP contribution in [-0.2, 0) is 16.0 Å². The van der Waals surface area contributed by atoms with Gasteiger partial charge >= 0.3 is 5.97 Å². The molecule has 0 radical (unpaired) electrons. The Balaban J connectivity index is 1.27. The molecule has 0 saturated heterocycles. The molecule has 1 aromatic carbocycles. The fraction of sp³-hybridized carbons (Fsp3) is 0.700. The maximum atomic E-state index is 11.7. The van der Waals surface area contributed by atoms with Gasteiger partial charge in [0, 0.05) is 24.4 Å². The Hall–Kier alpha value is -1.61. The number of fused-ring (bicyclic) bond motifs is 5. The highest BCUT2D eigenvalue weighted by molar-refractivity contribution is 5.66. The van der Waals surface area contributed by atoms with Crippen molar-refractivity contribution < 1.29 is 9.53 Å². The zero-order chi connectivity index (χ0) is 23.2. The van der Waals surface area contributed by atoms with Crippen LogP contribution in [0.15, 0.2) is 42.0 Å². The molecule has 0 spiro atoms. The highest BCUT2D eigenvalue weighted by Crippen LogP contribution is 2.65. The number of hydrogen-bond donors (Lipinski definition) is 1. The summed E-state index contributed by atoms with van der Waals surface area (Å²) in [5.74, 6) is 2.22. The molecule has 3 saturated carbocycles. The minimum absolute atomic E-state index is 0.0999. The van der Waals surface area contributed by atoms with Gasteiger partial charge in [0.05, 0.1) is 0 Å². The number of ether oxygens (including phenoxy) is 1. The molecule has 0 amide bonds. The molecule has 33 heavy (non-hydrogen) atoms. The van der Waals surface area contributed by atoms with Crippen LogP contribution in [0.5, 0.6) is 0 Å². The molecule has 8 atom stereocenters. The summed E-state index contributed by atoms with van der Waals surface area (Å²) in [5, 5.41) is 3.93. The second kappa shape index (κ2) is 8.87. The van der Waals surface area contributed by atoms with Crippen molar-refractivity contribution in [2.75, 3.05) is 0 Å². The highest BCUT2D eigenvalue weighted by atomic mass is 16.5. The van der Waals surface area contributed by atoms with Crippen LogP contribution in [0.1, 0.15) is 84.6 Å². The number of benzene rings is 1. The number of hydrogen-bond acceptors (Lipinski definition) is 3. The Morgan fingerprint density at radius 1 is 1.06 bits per heavy atom. The quantitative estimate of drug-likeness (QED) is 0.413. The third-order valence-electron chi connectivity index (χ3n) is 10.2. The van der Waals surface area contributed by atoms with Crippen LogP contribution in [0.4, 0.5) is 0 Å². The van der Waals surface area contributed by atoms with Crippen LogP contribution in [0.2, 0.25) is 0 Å². The van der Waals surface area contributed by atoms with Gasteiger partial charge in [-0.1, -0.05) is 55.8 Å². The zero-order valence-corrected chi connectivity index (χ0v) is 21.1. The van der Waals surface area contributed by atoms with Gasteiger partial charge in [-0.2, -0.15) is 0 Å². The molecule has 4 aliphatic carbocycles. The predicted octanol–water partition coefficient (Wildman–Crippen LogP) is 6.47. The molecule has 0 bridgehead atoms. The second-order valence-corrected chi connectivity index (χ2v) is 12.1. The van der Waals surface area contributed by atoms with Gasteiger partial charge in [-0.3, -0.25) is 4.79 Å². The Labute approximate surface area is 200 Å². The number of carbonyl (C=O) groups is 1. The third-order valence-corrected chi connectivity index (χ3v) is 10.2. The summed E-state index contributed by atoms with van der Waals surface area (Å²) in [5.41, 5.74) is 3.71. The number of nitrogens with one attached hydrogen (secondary N) is 1. The first-order valence-corrected chi connectivity index (χ1v) is 13.5. The Morgan fingerprint density at radius 2 is 1.85 bits per heavy atom. The van der Waals surface area contributed by atoms with Crippen LogP contribution in [0, 0.1) is 28.6 Å². The molecule has 1 N–H and O–H groups in total. The summed E-state index contributed by atoms with van der Waals surface area (Å²) < 4.78 is 5.83. The molecule has 0 aliphatic heterocycles. The average Bonchev–Trinajstić information content (AvgIpc) is 3.10. The number of carbonyl (C=O) groups excluding carboxylic acids is 1. The Bertz CT molecular complexity index is 894. The van der Waals surface area contributed by atoms with Crippen molar-refractivity contribution in [1.29, 1.82) is 0 Å². The van der Waals surface area contributed by atoms with E-state index in [1.165, 1.54) is 50.5 Å². The molecule has 8 unspecified atom stereocenters. The summed E-state index contributed by atoms with van der Waals surface area (Å²) in [6.45, 7) is 8.92. The fourth-order valence-electron chi connectivity index (χ4n) is 8.60. The van der Waals surface area contributed by atoms with Crippen LogP contribution < -0.4 is 5.32 Å². The first kappa shape index (κ1) is 23.1. The first-order valence-electron chi connectivity index (χ1n) is 13.5. The SMILES string of the molecule is CC(=O)OC1CCC2C3CCC4=CC(NC(C)Cc5ccccc5)CCC4(C)C3CCC12C. The van der Waals surface area contributed by atoms with E-state index in [9.17, 15) is 4.79 Å². The molecule has 0 heterocycles. The van der Waals surface area contributed by atoms with Gasteiger partial charge in [0.25, 0.3) is 0 Å². The van der Waals surface area contributed by atoms with Crippen molar-refractivity contribution in [3.8, 4) is 0 Å². The highest BCUT2D eigenvalue weighted by Gasteiger charge is 2.59. The van der Waals surface area contributed by atoms with Crippen molar-refractivity contribution >= 4 is 5.97 Å². The van der Waals surface area contributed by atoms with E-state index >= 15 is 0 Å². The van der Waals surface area contributed by atoms with Gasteiger partial charge in [-0.15, -0.1) is 0 Å². The molecular weight excluding hydrogens is 406 g/mol. The van der Waals surface area contributed by atoms with Crippen LogP contribution in [0.25, 0.3) is 0 Å². The topological polar surface area (TPSA) is 38.3 Å². The van der Waals surface area contributed by atoms with Gasteiger partial charge in [-0.25, -0.2) is 0 Å². The zero-order valence-electron chi connectivity index (χ0n) is 21.1. The largest absolute Gasteiger partial charge is 0.462 e. The summed E-state index contributed by atoms with van der Waals surface area (Å²) in [4.78, 5) is 11.7. The Kier molecular flexibility index (Phi) is 6.22. The van der Waals surface area contributed by atoms with Crippen molar-refractivity contribution in [3.63, 3.8) is 0 Å². The monoisotopic (exact) mass is 449 g/mol. The maximum absolute atomic E-state index is 11.7. The number of esters is 1. The summed E-state index contributed by atoms with van der Waals surface area (Å²) in [7, 11) is 0. The van der Waals surface area contributed by atoms with Gasteiger partial charge in [0.2, 0.25) is 0 Å². The fourth-order valence-corrected chi connectivity index (χ4v) is 8.60. The first-order chi connectivity index (χ1) is 15.8. The van der Waals surface area contributed by atoms with Crippen molar-refractivity contribution in [1.82, 2.24) is 5.32 Å². The van der Waals surface area contributed by atoms with E-state index in [0.29, 0.717) is 17.5 Å². The van der Waals surface area contributed by atoms with Crippen molar-refractivity contribution in [2.45, 2.75) is 104 Å². The standard InChI is InChI=1S/C30H43NO2/c1-20(18-22-8-6-5-7-9-22)31-24-14-16-29(3)23(19-24)10-11-25-26-12-13-28(33-21(2)32)30(26,4)17-15-27(25)29/h5-9,19-20,24-28,31H,10-18H2,1-4H3. The predicted molar refractivity (Wildman–Crippen MR) is 134 cm³/mol. The Morgan fingerprint density at radius 3 is 2.61 bits per heavy atom. The second-order valence-electron chi connectivity index (χ2n) is 12.1. The van der Waals surface area contributed by atoms with Crippen molar-refractivity contribution in [3.05, 3.63) is 47.5 Å². The van der Waals surface area contributed by atoms with E-state index in [2.05, 4.69) is 62.5 Å². The van der Waals surface area contributed by atoms with E-state index in [0.717, 1.165) is 30.6 Å². The summed E-state index contributed by atoms with van der Waals surface area (Å²) in [6, 6.07) is 11.9. The normalized spacial score (nSPS) is 40.7. The van der Waals surface area contributed by atoms with Crippen LogP contribution in [0.3, 0.4) is 0 Å². The van der Waals surface area contributed by atoms with Crippen LogP contribution in [-0.4, -0.2) is 24.2 Å². The molecule has 180 valence electrons. The van der Waals surface area contributed by atoms with Crippen LogP contribution >= 0.6 is 0 Å². The molecule has 0 aromatic heterocycles. The van der Waals surface area contributed by atoms with E-state index in [-0.39, 0.29) is 17.5 Å². The average molecular weight is 450 g/mol. The van der Waals surface area contributed by atoms with Gasteiger partial charge in [0.1, 0.15) is 6.10 Å². The minimum Gasteiger partial charge on any atom is -0.462 e. The number of allylic oxidation sites excluding steroid dienone is 1. The molecule has 5 rings (SSSR count). The van der Waals surface area contributed by atoms with Gasteiger partial charge < -0.3 is 10.1 Å². The lowest BCUT2D eigenvalue weighted by atomic mass is 9.47. The van der Waals surface area contributed by atoms with Gasteiger partial charge in [0.15, 0.2) is 0 Å². The molecule has 3 fully saturated rings.